The molecule has 10 rings (SSSR count). The minimum Gasteiger partial charge on any atom is -0.456 e. The molecular formula is C44H26O2. The molecule has 0 unspecified atom stereocenters. The lowest BCUT2D eigenvalue weighted by atomic mass is 9.82. The molecule has 46 heavy (non-hydrogen) atoms. The van der Waals surface area contributed by atoms with Crippen molar-refractivity contribution < 1.29 is 8.83 Å². The van der Waals surface area contributed by atoms with Gasteiger partial charge in [-0.1, -0.05) is 127 Å². The Bertz CT molecular complexity index is 2740. The number of para-hydroxylation sites is 2. The van der Waals surface area contributed by atoms with Crippen LogP contribution < -0.4 is 0 Å². The van der Waals surface area contributed by atoms with E-state index in [1.165, 1.54) is 54.9 Å². The molecule has 0 aliphatic carbocycles. The largest absolute Gasteiger partial charge is 0.456 e. The van der Waals surface area contributed by atoms with Crippen molar-refractivity contribution in [1.82, 2.24) is 0 Å². The molecule has 0 fully saturated rings. The second-order valence-electron chi connectivity index (χ2n) is 12.0. The molecule has 0 N–H and O–H groups in total. The molecule has 0 saturated heterocycles. The summed E-state index contributed by atoms with van der Waals surface area (Å²) in [5, 5.41) is 9.39. The average Bonchev–Trinajstić information content (AvgIpc) is 3.69. The van der Waals surface area contributed by atoms with Crippen LogP contribution in [-0.2, 0) is 0 Å². The van der Waals surface area contributed by atoms with Crippen LogP contribution in [0.25, 0.3) is 98.8 Å². The van der Waals surface area contributed by atoms with Gasteiger partial charge >= 0.3 is 0 Å². The Morgan fingerprint density at radius 1 is 0.283 bits per heavy atom. The van der Waals surface area contributed by atoms with Crippen LogP contribution in [0.2, 0.25) is 0 Å². The highest BCUT2D eigenvalue weighted by atomic mass is 16.3. The van der Waals surface area contributed by atoms with Crippen molar-refractivity contribution in [2.24, 2.45) is 0 Å². The Balaban J connectivity index is 1.38. The van der Waals surface area contributed by atoms with Gasteiger partial charge in [0.2, 0.25) is 0 Å². The van der Waals surface area contributed by atoms with Crippen molar-refractivity contribution in [3.8, 4) is 33.4 Å². The standard InChI is InChI=1S/C44H26O2/c1-2-12-27(13-3-1)29-23-25-40-43(35-19-9-11-21-38(35)46-40)44(29)42-33-17-6-4-15-31(33)41(32-16-5-7-18-34(32)42)28-22-24-39-36(26-28)30-14-8-10-20-37(30)45-39/h1-26H. The summed E-state index contributed by atoms with van der Waals surface area (Å²) >= 11 is 0. The smallest absolute Gasteiger partial charge is 0.136 e. The summed E-state index contributed by atoms with van der Waals surface area (Å²) in [6, 6.07) is 56.1. The molecule has 0 aliphatic rings. The zero-order valence-electron chi connectivity index (χ0n) is 24.8. The zero-order chi connectivity index (χ0) is 30.2. The molecule has 214 valence electrons. The number of hydrogen-bond acceptors (Lipinski definition) is 2. The lowest BCUT2D eigenvalue weighted by Crippen LogP contribution is -1.93. The van der Waals surface area contributed by atoms with Crippen molar-refractivity contribution in [2.75, 3.05) is 0 Å². The summed E-state index contributed by atoms with van der Waals surface area (Å²) in [5.41, 5.74) is 10.8. The van der Waals surface area contributed by atoms with E-state index < -0.39 is 0 Å². The lowest BCUT2D eigenvalue weighted by Gasteiger charge is -2.20. The van der Waals surface area contributed by atoms with Gasteiger partial charge in [-0.2, -0.15) is 0 Å². The van der Waals surface area contributed by atoms with E-state index in [-0.39, 0.29) is 0 Å². The van der Waals surface area contributed by atoms with Gasteiger partial charge in [0.1, 0.15) is 22.3 Å². The van der Waals surface area contributed by atoms with E-state index in [4.69, 9.17) is 8.83 Å². The molecule has 0 amide bonds. The van der Waals surface area contributed by atoms with E-state index >= 15 is 0 Å². The minimum absolute atomic E-state index is 0.894. The summed E-state index contributed by atoms with van der Waals surface area (Å²) in [7, 11) is 0. The van der Waals surface area contributed by atoms with Crippen LogP contribution in [0.1, 0.15) is 0 Å². The lowest BCUT2D eigenvalue weighted by molar-refractivity contribution is 0.668. The van der Waals surface area contributed by atoms with Crippen LogP contribution in [0.4, 0.5) is 0 Å². The first-order chi connectivity index (χ1) is 22.8. The van der Waals surface area contributed by atoms with Crippen molar-refractivity contribution in [3.63, 3.8) is 0 Å². The van der Waals surface area contributed by atoms with Crippen LogP contribution in [0.15, 0.2) is 167 Å². The highest BCUT2D eigenvalue weighted by molar-refractivity contribution is 6.28. The van der Waals surface area contributed by atoms with E-state index in [9.17, 15) is 0 Å². The van der Waals surface area contributed by atoms with Crippen LogP contribution in [0.5, 0.6) is 0 Å². The second kappa shape index (κ2) is 9.69. The minimum atomic E-state index is 0.894. The first kappa shape index (κ1) is 25.2. The Morgan fingerprint density at radius 3 is 1.48 bits per heavy atom. The predicted molar refractivity (Wildman–Crippen MR) is 192 cm³/mol. The van der Waals surface area contributed by atoms with Crippen molar-refractivity contribution in [2.45, 2.75) is 0 Å². The molecule has 0 radical (unpaired) electrons. The van der Waals surface area contributed by atoms with Crippen molar-refractivity contribution in [1.29, 1.82) is 0 Å². The van der Waals surface area contributed by atoms with Crippen LogP contribution in [0, 0.1) is 0 Å². The van der Waals surface area contributed by atoms with Gasteiger partial charge in [-0.25, -0.2) is 0 Å². The molecule has 10 aromatic rings. The number of fused-ring (bicyclic) bond motifs is 8. The summed E-state index contributed by atoms with van der Waals surface area (Å²) in [6.45, 7) is 0. The molecule has 2 heterocycles. The molecule has 0 aliphatic heterocycles. The maximum Gasteiger partial charge on any atom is 0.136 e. The van der Waals surface area contributed by atoms with Crippen molar-refractivity contribution in [3.05, 3.63) is 158 Å². The van der Waals surface area contributed by atoms with E-state index in [0.29, 0.717) is 0 Å². The topological polar surface area (TPSA) is 26.3 Å². The van der Waals surface area contributed by atoms with Gasteiger partial charge in [0, 0.05) is 27.1 Å². The third-order valence-corrected chi connectivity index (χ3v) is 9.48. The molecule has 0 spiro atoms. The van der Waals surface area contributed by atoms with Gasteiger partial charge in [-0.3, -0.25) is 0 Å². The maximum atomic E-state index is 6.48. The van der Waals surface area contributed by atoms with Gasteiger partial charge in [-0.15, -0.1) is 0 Å². The van der Waals surface area contributed by atoms with Gasteiger partial charge in [-0.05, 0) is 79.7 Å². The van der Waals surface area contributed by atoms with Gasteiger partial charge in [0.15, 0.2) is 0 Å². The normalized spacial score (nSPS) is 11.9. The van der Waals surface area contributed by atoms with Crippen LogP contribution in [0.3, 0.4) is 0 Å². The summed E-state index contributed by atoms with van der Waals surface area (Å²) in [5.74, 6) is 0. The maximum absolute atomic E-state index is 6.48. The average molecular weight is 587 g/mol. The van der Waals surface area contributed by atoms with E-state index in [1.54, 1.807) is 0 Å². The third kappa shape index (κ3) is 3.59. The summed E-state index contributed by atoms with van der Waals surface area (Å²) in [4.78, 5) is 0. The number of benzene rings is 8. The number of furan rings is 2. The fraction of sp³-hybridized carbons (Fsp3) is 0. The van der Waals surface area contributed by atoms with E-state index in [0.717, 1.165) is 43.9 Å². The fourth-order valence-corrected chi connectivity index (χ4v) is 7.52. The first-order valence-corrected chi connectivity index (χ1v) is 15.7. The molecule has 0 atom stereocenters. The first-order valence-electron chi connectivity index (χ1n) is 15.7. The van der Waals surface area contributed by atoms with E-state index in [1.807, 2.05) is 18.2 Å². The second-order valence-corrected chi connectivity index (χ2v) is 12.0. The predicted octanol–water partition coefficient (Wildman–Crippen LogP) is 12.8. The number of hydrogen-bond donors (Lipinski definition) is 0. The number of rotatable bonds is 3. The van der Waals surface area contributed by atoms with E-state index in [2.05, 4.69) is 140 Å². The molecule has 0 bridgehead atoms. The zero-order valence-corrected chi connectivity index (χ0v) is 24.8. The molecule has 2 aromatic heterocycles. The monoisotopic (exact) mass is 586 g/mol. The SMILES string of the molecule is c1ccc(-c2ccc3oc4ccccc4c3c2-c2c3ccccc3c(-c3ccc4oc5ccccc5c4c3)c3ccccc23)cc1. The molecule has 2 heteroatoms. The van der Waals surface area contributed by atoms with Crippen LogP contribution >= 0.6 is 0 Å². The Morgan fingerprint density at radius 2 is 0.783 bits per heavy atom. The summed E-state index contributed by atoms with van der Waals surface area (Å²) < 4.78 is 12.7. The van der Waals surface area contributed by atoms with Crippen molar-refractivity contribution >= 4 is 65.4 Å². The van der Waals surface area contributed by atoms with Crippen LogP contribution in [-0.4, -0.2) is 0 Å². The highest BCUT2D eigenvalue weighted by Crippen LogP contribution is 2.50. The Labute approximate surface area is 264 Å². The fourth-order valence-electron chi connectivity index (χ4n) is 7.52. The summed E-state index contributed by atoms with van der Waals surface area (Å²) in [6.07, 6.45) is 0. The Hall–Kier alpha value is -6.12. The quantitative estimate of drug-likeness (QED) is 0.193. The van der Waals surface area contributed by atoms with Gasteiger partial charge < -0.3 is 8.83 Å². The molecule has 8 aromatic carbocycles. The Kier molecular flexibility index (Phi) is 5.31. The van der Waals surface area contributed by atoms with Gasteiger partial charge in [0.25, 0.3) is 0 Å². The molecule has 2 nitrogen and oxygen atoms in total. The molecular weight excluding hydrogens is 560 g/mol. The highest BCUT2D eigenvalue weighted by Gasteiger charge is 2.23. The third-order valence-electron chi connectivity index (χ3n) is 9.48. The van der Waals surface area contributed by atoms with Gasteiger partial charge in [0.05, 0.1) is 0 Å². The molecule has 0 saturated carbocycles.